The second kappa shape index (κ2) is 8.10. The summed E-state index contributed by atoms with van der Waals surface area (Å²) in [6.07, 6.45) is 0. The molecule has 2 aromatic carbocycles. The van der Waals surface area contributed by atoms with Gasteiger partial charge < -0.3 is 19.8 Å². The number of carbonyl (C=O) groups is 2. The number of ketones is 1. The monoisotopic (exact) mass is 401 g/mol. The topological polar surface area (TPSA) is 110 Å². The molecule has 0 fully saturated rings. The molecule has 3 rings (SSSR count). The molecule has 0 atom stereocenters. The van der Waals surface area contributed by atoms with Crippen LogP contribution in [-0.2, 0) is 4.79 Å². The van der Waals surface area contributed by atoms with E-state index in [2.05, 4.69) is 15.3 Å². The van der Waals surface area contributed by atoms with E-state index in [0.29, 0.717) is 22.7 Å². The molecule has 0 saturated carbocycles. The molecule has 0 unspecified atom stereocenters. The second-order valence-electron chi connectivity index (χ2n) is 5.73. The number of anilines is 1. The number of aromatic amines is 1. The largest absolute Gasteiger partial charge is 0.493 e. The minimum atomic E-state index is -0.504. The van der Waals surface area contributed by atoms with Gasteiger partial charge in [-0.25, -0.2) is 4.98 Å². The van der Waals surface area contributed by atoms with Crippen molar-refractivity contribution in [3.8, 4) is 11.5 Å². The summed E-state index contributed by atoms with van der Waals surface area (Å²) in [5.74, 6) is -0.320. The summed E-state index contributed by atoms with van der Waals surface area (Å²) in [6.45, 7) is 0. The van der Waals surface area contributed by atoms with E-state index >= 15 is 0 Å². The maximum atomic E-state index is 12.8. The van der Waals surface area contributed by atoms with E-state index in [1.165, 1.54) is 26.4 Å². The van der Waals surface area contributed by atoms with Crippen molar-refractivity contribution in [1.29, 1.82) is 0 Å². The van der Waals surface area contributed by atoms with Crippen LogP contribution in [0.5, 0.6) is 11.5 Å². The summed E-state index contributed by atoms with van der Waals surface area (Å²) in [5.41, 5.74) is 0.503. The van der Waals surface area contributed by atoms with E-state index < -0.39 is 17.2 Å². The highest BCUT2D eigenvalue weighted by atomic mass is 35.5. The van der Waals surface area contributed by atoms with E-state index in [1.54, 1.807) is 24.3 Å². The first-order chi connectivity index (χ1) is 13.5. The Morgan fingerprint density at radius 2 is 1.86 bits per heavy atom. The van der Waals surface area contributed by atoms with Gasteiger partial charge in [-0.05, 0) is 36.4 Å². The van der Waals surface area contributed by atoms with Crippen molar-refractivity contribution >= 4 is 39.9 Å². The summed E-state index contributed by atoms with van der Waals surface area (Å²) in [5, 5.41) is 2.79. The number of benzene rings is 2. The zero-order valence-electron chi connectivity index (χ0n) is 15.0. The number of hydrogen-bond donors (Lipinski definition) is 2. The molecular formula is C19H16ClN3O5. The average Bonchev–Trinajstić information content (AvgIpc) is 2.72. The zero-order valence-corrected chi connectivity index (χ0v) is 15.8. The lowest BCUT2D eigenvalue weighted by Crippen LogP contribution is -2.17. The average molecular weight is 402 g/mol. The minimum Gasteiger partial charge on any atom is -0.493 e. The van der Waals surface area contributed by atoms with Crippen LogP contribution in [-0.4, -0.2) is 41.8 Å². The molecule has 8 nitrogen and oxygen atoms in total. The number of fused-ring (bicyclic) bond motifs is 1. The van der Waals surface area contributed by atoms with Crippen molar-refractivity contribution in [3.63, 3.8) is 0 Å². The Hall–Kier alpha value is -3.39. The van der Waals surface area contributed by atoms with Crippen molar-refractivity contribution in [2.75, 3.05) is 25.4 Å². The van der Waals surface area contributed by atoms with Gasteiger partial charge in [0, 0.05) is 11.3 Å². The molecule has 9 heteroatoms. The Balaban J connectivity index is 2.00. The molecule has 1 heterocycles. The minimum absolute atomic E-state index is 0.109. The molecule has 0 saturated heterocycles. The molecule has 1 aromatic heterocycles. The number of carbonyl (C=O) groups excluding carboxylic acids is 2. The SMILES string of the molecule is COc1ccc(C(=O)c2nc3ccc(NC(=O)CCl)cc3c(=O)[nH]2)cc1OC. The van der Waals surface area contributed by atoms with Gasteiger partial charge in [-0.15, -0.1) is 11.6 Å². The van der Waals surface area contributed by atoms with E-state index in [9.17, 15) is 14.4 Å². The van der Waals surface area contributed by atoms with Crippen LogP contribution in [0, 0.1) is 0 Å². The van der Waals surface area contributed by atoms with E-state index in [0.717, 1.165) is 0 Å². The highest BCUT2D eigenvalue weighted by Gasteiger charge is 2.17. The van der Waals surface area contributed by atoms with Gasteiger partial charge in [-0.1, -0.05) is 0 Å². The Labute approximate surface area is 164 Å². The number of nitrogens with one attached hydrogen (secondary N) is 2. The molecule has 2 N–H and O–H groups in total. The molecule has 1 amide bonds. The molecule has 28 heavy (non-hydrogen) atoms. The predicted octanol–water partition coefficient (Wildman–Crippen LogP) is 2.35. The Morgan fingerprint density at radius 3 is 2.54 bits per heavy atom. The number of ether oxygens (including phenoxy) is 2. The fraction of sp³-hybridized carbons (Fsp3) is 0.158. The van der Waals surface area contributed by atoms with Crippen LogP contribution in [0.2, 0.25) is 0 Å². The number of H-pyrrole nitrogens is 1. The first-order valence-electron chi connectivity index (χ1n) is 8.13. The summed E-state index contributed by atoms with van der Waals surface area (Å²) < 4.78 is 10.3. The fourth-order valence-corrected chi connectivity index (χ4v) is 2.70. The number of hydrogen-bond acceptors (Lipinski definition) is 6. The van der Waals surface area contributed by atoms with Gasteiger partial charge in [0.05, 0.1) is 25.1 Å². The molecule has 0 aliphatic heterocycles. The number of halogens is 1. The maximum Gasteiger partial charge on any atom is 0.259 e. The van der Waals surface area contributed by atoms with Crippen molar-refractivity contribution in [2.45, 2.75) is 0 Å². The van der Waals surface area contributed by atoms with Crippen molar-refractivity contribution < 1.29 is 19.1 Å². The molecule has 3 aromatic rings. The van der Waals surface area contributed by atoms with Gasteiger partial charge in [0.1, 0.15) is 5.88 Å². The van der Waals surface area contributed by atoms with Crippen LogP contribution in [0.25, 0.3) is 10.9 Å². The maximum absolute atomic E-state index is 12.8. The number of methoxy groups -OCH3 is 2. The smallest absolute Gasteiger partial charge is 0.259 e. The van der Waals surface area contributed by atoms with Gasteiger partial charge in [0.25, 0.3) is 5.56 Å². The summed E-state index contributed by atoms with van der Waals surface area (Å²) in [6, 6.07) is 9.24. The third kappa shape index (κ3) is 3.81. The number of amides is 1. The highest BCUT2D eigenvalue weighted by molar-refractivity contribution is 6.29. The molecular weight excluding hydrogens is 386 g/mol. The summed E-state index contributed by atoms with van der Waals surface area (Å²) >= 11 is 5.46. The number of nitrogens with zero attached hydrogens (tertiary/aromatic N) is 1. The molecule has 144 valence electrons. The van der Waals surface area contributed by atoms with Gasteiger partial charge in [-0.2, -0.15) is 0 Å². The highest BCUT2D eigenvalue weighted by Crippen LogP contribution is 2.28. The van der Waals surface area contributed by atoms with Crippen LogP contribution < -0.4 is 20.3 Å². The molecule has 0 spiro atoms. The van der Waals surface area contributed by atoms with Crippen LogP contribution >= 0.6 is 11.6 Å². The van der Waals surface area contributed by atoms with Gasteiger partial charge in [0.2, 0.25) is 11.7 Å². The van der Waals surface area contributed by atoms with Crippen molar-refractivity contribution in [2.24, 2.45) is 0 Å². The predicted molar refractivity (Wildman–Crippen MR) is 105 cm³/mol. The summed E-state index contributed by atoms with van der Waals surface area (Å²) in [7, 11) is 2.95. The Kier molecular flexibility index (Phi) is 5.60. The number of aromatic nitrogens is 2. The quantitative estimate of drug-likeness (QED) is 0.484. The van der Waals surface area contributed by atoms with Gasteiger partial charge in [0.15, 0.2) is 17.3 Å². The lowest BCUT2D eigenvalue weighted by atomic mass is 10.1. The van der Waals surface area contributed by atoms with Crippen LogP contribution in [0.1, 0.15) is 16.2 Å². The standard InChI is InChI=1S/C19H16ClN3O5/c1-27-14-6-3-10(7-15(14)28-2)17(25)18-22-13-5-4-11(21-16(24)9-20)8-12(13)19(26)23-18/h3-8H,9H2,1-2H3,(H,21,24)(H,22,23,26). The molecule has 0 bridgehead atoms. The van der Waals surface area contributed by atoms with E-state index in [-0.39, 0.29) is 22.7 Å². The van der Waals surface area contributed by atoms with Gasteiger partial charge in [-0.3, -0.25) is 14.4 Å². The zero-order chi connectivity index (χ0) is 20.3. The van der Waals surface area contributed by atoms with E-state index in [4.69, 9.17) is 21.1 Å². The van der Waals surface area contributed by atoms with E-state index in [1.807, 2.05) is 0 Å². The third-order valence-corrected chi connectivity index (χ3v) is 4.21. The Bertz CT molecular complexity index is 1130. The fourth-order valence-electron chi connectivity index (χ4n) is 2.63. The summed E-state index contributed by atoms with van der Waals surface area (Å²) in [4.78, 5) is 43.3. The van der Waals surface area contributed by atoms with Crippen molar-refractivity contribution in [1.82, 2.24) is 9.97 Å². The first-order valence-corrected chi connectivity index (χ1v) is 8.67. The normalized spacial score (nSPS) is 10.5. The molecule has 0 aliphatic rings. The van der Waals surface area contributed by atoms with Crippen LogP contribution in [0.4, 0.5) is 5.69 Å². The van der Waals surface area contributed by atoms with Gasteiger partial charge >= 0.3 is 0 Å². The molecule has 0 aliphatic carbocycles. The number of rotatable bonds is 6. The lowest BCUT2D eigenvalue weighted by molar-refractivity contribution is -0.113. The van der Waals surface area contributed by atoms with Crippen LogP contribution in [0.3, 0.4) is 0 Å². The number of alkyl halides is 1. The van der Waals surface area contributed by atoms with Crippen molar-refractivity contribution in [3.05, 3.63) is 58.1 Å². The van der Waals surface area contributed by atoms with Crippen LogP contribution in [0.15, 0.2) is 41.2 Å². The lowest BCUT2D eigenvalue weighted by Gasteiger charge is -2.09. The Morgan fingerprint density at radius 1 is 1.11 bits per heavy atom. The third-order valence-electron chi connectivity index (χ3n) is 3.97. The second-order valence-corrected chi connectivity index (χ2v) is 5.99. The molecule has 0 radical (unpaired) electrons. The first kappa shape index (κ1) is 19.4.